The van der Waals surface area contributed by atoms with Crippen molar-refractivity contribution in [1.82, 2.24) is 6.15 Å². The second-order valence-electron chi connectivity index (χ2n) is 9.81. The first-order chi connectivity index (χ1) is 16.1. The number of hydrogen-bond acceptors (Lipinski definition) is 4. The van der Waals surface area contributed by atoms with Gasteiger partial charge in [0.1, 0.15) is 0 Å². The molecule has 8 heteroatoms. The molecule has 1 unspecified atom stereocenters. The molecule has 1 aromatic rings. The van der Waals surface area contributed by atoms with E-state index in [0.29, 0.717) is 0 Å². The number of nitrogens with zero attached hydrogens (tertiary/aromatic N) is 1. The van der Waals surface area contributed by atoms with Crippen LogP contribution in [0.4, 0.5) is 0 Å². The lowest BCUT2D eigenvalue weighted by Gasteiger charge is -2.37. The van der Waals surface area contributed by atoms with E-state index in [1.165, 1.54) is 102 Å². The highest BCUT2D eigenvalue weighted by Gasteiger charge is 2.29. The number of quaternary nitrogens is 1. The van der Waals surface area contributed by atoms with Gasteiger partial charge in [-0.15, -0.1) is 0 Å². The normalized spacial score (nSPS) is 12.4. The molecule has 0 radical (unpaired) electrons. The number of benzene rings is 1. The van der Waals surface area contributed by atoms with E-state index in [2.05, 4.69) is 58.3 Å². The lowest BCUT2D eigenvalue weighted by Crippen LogP contribution is -2.45. The van der Waals surface area contributed by atoms with Gasteiger partial charge in [0.05, 0.1) is 27.2 Å². The fourth-order valence-electron chi connectivity index (χ4n) is 4.31. The van der Waals surface area contributed by atoms with Gasteiger partial charge >= 0.3 is 0 Å². The summed E-state index contributed by atoms with van der Waals surface area (Å²) in [5, 5.41) is 0. The van der Waals surface area contributed by atoms with Gasteiger partial charge in [0.25, 0.3) is 7.82 Å². The highest BCUT2D eigenvalue weighted by atomic mass is 31.2. The molecule has 208 valence electrons. The zero-order chi connectivity index (χ0) is 25.7. The average molecular weight is 519 g/mol. The van der Waals surface area contributed by atoms with Gasteiger partial charge in [0.2, 0.25) is 6.23 Å². The second-order valence-corrected chi connectivity index (χ2v) is 10.8. The van der Waals surface area contributed by atoms with E-state index in [-0.39, 0.29) is 12.4 Å². The van der Waals surface area contributed by atoms with Crippen LogP contribution in [0.3, 0.4) is 0 Å². The Labute approximate surface area is 215 Å². The molecular formula is C27H55N2O5P. The Bertz CT molecular complexity index is 617. The Morgan fingerprint density at radius 3 is 1.54 bits per heavy atom. The van der Waals surface area contributed by atoms with Crippen LogP contribution < -0.4 is 11.0 Å². The van der Waals surface area contributed by atoms with Crippen LogP contribution in [-0.2, 0) is 9.30 Å². The minimum atomic E-state index is -4.89. The van der Waals surface area contributed by atoms with Crippen molar-refractivity contribution in [3.63, 3.8) is 0 Å². The Kier molecular flexibility index (Phi) is 23.3. The van der Waals surface area contributed by atoms with Gasteiger partial charge < -0.3 is 25.6 Å². The molecule has 0 amide bonds. The molecule has 0 aliphatic carbocycles. The van der Waals surface area contributed by atoms with Crippen molar-refractivity contribution in [3.8, 4) is 0 Å². The quantitative estimate of drug-likeness (QED) is 0.0793. The maximum Gasteiger partial charge on any atom is 0.262 e. The molecule has 0 spiro atoms. The SMILES string of the molecule is CCCCCCCCCCCCCCCC[N+](C)(C)C(OCC)c1ccccc1.N.O=P([O-])(O)O. The largest absolute Gasteiger partial charge is 0.756 e. The highest BCUT2D eigenvalue weighted by molar-refractivity contribution is 7.43. The zero-order valence-corrected chi connectivity index (χ0v) is 23.9. The summed E-state index contributed by atoms with van der Waals surface area (Å²) in [6.45, 7) is 6.34. The fraction of sp³-hybridized carbons (Fsp3) is 0.778. The van der Waals surface area contributed by atoms with Crippen LogP contribution in [0.1, 0.15) is 116 Å². The summed E-state index contributed by atoms with van der Waals surface area (Å²) in [7, 11) is -0.259. The number of hydrogen-bond donors (Lipinski definition) is 3. The minimum absolute atomic E-state index is 0. The van der Waals surface area contributed by atoms with E-state index in [4.69, 9.17) is 24.0 Å². The molecule has 7 nitrogen and oxygen atoms in total. The van der Waals surface area contributed by atoms with Crippen molar-refractivity contribution in [3.05, 3.63) is 35.9 Å². The molecule has 0 aliphatic heterocycles. The van der Waals surface area contributed by atoms with Crippen LogP contribution in [0.2, 0.25) is 0 Å². The van der Waals surface area contributed by atoms with Crippen molar-refractivity contribution < 1.29 is 28.5 Å². The lowest BCUT2D eigenvalue weighted by atomic mass is 10.0. The van der Waals surface area contributed by atoms with Crippen LogP contribution >= 0.6 is 7.82 Å². The Hall–Kier alpha value is -0.790. The number of phosphoric acid groups is 1. The standard InChI is InChI=1S/C27H50NO.H3N.H3O4P/c1-5-7-8-9-10-11-12-13-14-15-16-17-18-22-25-28(3,4)27(29-6-2)26-23-20-19-21-24-26;;1-5(2,3)4/h19-21,23-24,27H,5-18,22,25H2,1-4H3;1H3;(H3,1,2,3,4)/q+1;;/p-1. The van der Waals surface area contributed by atoms with E-state index in [1.807, 2.05) is 0 Å². The van der Waals surface area contributed by atoms with Crippen LogP contribution in [0.5, 0.6) is 0 Å². The van der Waals surface area contributed by atoms with Crippen molar-refractivity contribution in [2.75, 3.05) is 27.2 Å². The molecule has 0 bridgehead atoms. The molecule has 0 heterocycles. The molecule has 0 saturated heterocycles. The van der Waals surface area contributed by atoms with E-state index in [0.717, 1.165) is 11.1 Å². The summed E-state index contributed by atoms with van der Waals surface area (Å²) in [5.74, 6) is 0. The maximum absolute atomic E-state index is 8.77. The van der Waals surface area contributed by atoms with E-state index >= 15 is 0 Å². The van der Waals surface area contributed by atoms with Gasteiger partial charge in [-0.1, -0.05) is 114 Å². The van der Waals surface area contributed by atoms with Crippen molar-refractivity contribution in [2.45, 2.75) is 110 Å². The molecule has 1 aromatic carbocycles. The summed E-state index contributed by atoms with van der Waals surface area (Å²) >= 11 is 0. The van der Waals surface area contributed by atoms with E-state index in [1.54, 1.807) is 0 Å². The smallest absolute Gasteiger partial charge is 0.262 e. The first-order valence-electron chi connectivity index (χ1n) is 13.4. The topological polar surface area (TPSA) is 125 Å². The molecule has 0 aliphatic rings. The number of unbranched alkanes of at least 4 members (excludes halogenated alkanes) is 13. The molecule has 0 saturated carbocycles. The first kappa shape index (κ1) is 36.4. The molecule has 5 N–H and O–H groups in total. The molecule has 0 aromatic heterocycles. The average Bonchev–Trinajstić information content (AvgIpc) is 2.77. The maximum atomic E-state index is 8.77. The van der Waals surface area contributed by atoms with E-state index < -0.39 is 7.82 Å². The lowest BCUT2D eigenvalue weighted by molar-refractivity contribution is -0.944. The Morgan fingerprint density at radius 2 is 1.17 bits per heavy atom. The van der Waals surface area contributed by atoms with Crippen molar-refractivity contribution in [1.29, 1.82) is 0 Å². The zero-order valence-electron chi connectivity index (χ0n) is 23.0. The summed E-state index contributed by atoms with van der Waals surface area (Å²) < 4.78 is 15.8. The minimum Gasteiger partial charge on any atom is -0.756 e. The fourth-order valence-corrected chi connectivity index (χ4v) is 4.31. The molecule has 1 rings (SSSR count). The van der Waals surface area contributed by atoms with Crippen LogP contribution in [-0.4, -0.2) is 41.5 Å². The third kappa shape index (κ3) is 23.4. The van der Waals surface area contributed by atoms with Crippen LogP contribution in [0, 0.1) is 0 Å². The molecule has 0 fully saturated rings. The first-order valence-corrected chi connectivity index (χ1v) is 14.9. The van der Waals surface area contributed by atoms with Gasteiger partial charge in [-0.3, -0.25) is 9.05 Å². The third-order valence-corrected chi connectivity index (χ3v) is 6.13. The van der Waals surface area contributed by atoms with Gasteiger partial charge in [0.15, 0.2) is 0 Å². The molecular weight excluding hydrogens is 463 g/mol. The number of rotatable bonds is 19. The number of ether oxygens (including phenoxy) is 1. The predicted octanol–water partition coefficient (Wildman–Crippen LogP) is 6.88. The van der Waals surface area contributed by atoms with Crippen LogP contribution in [0.25, 0.3) is 0 Å². The Balaban J connectivity index is 0. The van der Waals surface area contributed by atoms with Gasteiger partial charge in [-0.05, 0) is 19.8 Å². The van der Waals surface area contributed by atoms with Gasteiger partial charge in [0, 0.05) is 5.56 Å². The summed E-state index contributed by atoms with van der Waals surface area (Å²) in [6.07, 6.45) is 20.0. The van der Waals surface area contributed by atoms with Crippen molar-refractivity contribution in [2.24, 2.45) is 0 Å². The highest BCUT2D eigenvalue weighted by Crippen LogP contribution is 2.27. The summed E-state index contributed by atoms with van der Waals surface area (Å²) in [6, 6.07) is 10.7. The van der Waals surface area contributed by atoms with Crippen molar-refractivity contribution >= 4 is 7.82 Å². The molecule has 1 atom stereocenters. The van der Waals surface area contributed by atoms with Gasteiger partial charge in [-0.25, -0.2) is 0 Å². The second kappa shape index (κ2) is 22.4. The molecule has 35 heavy (non-hydrogen) atoms. The van der Waals surface area contributed by atoms with E-state index in [9.17, 15) is 0 Å². The predicted molar refractivity (Wildman–Crippen MR) is 145 cm³/mol. The third-order valence-electron chi connectivity index (χ3n) is 6.13. The Morgan fingerprint density at radius 1 is 0.800 bits per heavy atom. The summed E-state index contributed by atoms with van der Waals surface area (Å²) in [4.78, 5) is 22.9. The summed E-state index contributed by atoms with van der Waals surface area (Å²) in [5.41, 5.74) is 1.30. The monoisotopic (exact) mass is 518 g/mol. The van der Waals surface area contributed by atoms with Crippen LogP contribution in [0.15, 0.2) is 30.3 Å². The van der Waals surface area contributed by atoms with Gasteiger partial charge in [-0.2, -0.15) is 0 Å².